The third-order valence-corrected chi connectivity index (χ3v) is 6.99. The Balaban J connectivity index is 1.76. The third kappa shape index (κ3) is 4.25. The molecule has 0 spiro atoms. The van der Waals surface area contributed by atoms with Crippen LogP contribution in [-0.2, 0) is 0 Å². The van der Waals surface area contributed by atoms with Gasteiger partial charge in [-0.3, -0.25) is 0 Å². The van der Waals surface area contributed by atoms with Crippen molar-refractivity contribution in [1.29, 1.82) is 0 Å². The minimum atomic E-state index is 0.658. The molecule has 1 aromatic heterocycles. The van der Waals surface area contributed by atoms with Gasteiger partial charge in [-0.2, -0.15) is 10.2 Å². The standard InChI is InChI=1S/C34H24N2O4/c1-37-31-15-11-21-9-13-27-19-29(21)33(31)34-30-20-28(14-10-22(30)12-16-32(34)38-2)40-26-8-4-6-24(18-26)36-35-23-5-3-7-25(17-23)39-27/h3-20H,1-2H3. The van der Waals surface area contributed by atoms with Gasteiger partial charge >= 0.3 is 0 Å². The minimum absolute atomic E-state index is 0.658. The molecule has 0 fully saturated rings. The fourth-order valence-corrected chi connectivity index (χ4v) is 5.15. The normalized spacial score (nSPS) is 11.2. The average molecular weight is 525 g/mol. The SMILES string of the molecule is COc1ccc2ccc3cc2c1c1c(OC)ccc2ccc(cc21)oc1cccc(c1)nnc1cccc(c1)o3. The van der Waals surface area contributed by atoms with Crippen LogP contribution in [0.25, 0.3) is 65.7 Å². The molecule has 0 unspecified atom stereocenters. The average Bonchev–Trinajstić information content (AvgIpc) is 2.99. The molecule has 0 aliphatic heterocycles. The first-order chi connectivity index (χ1) is 19.7. The van der Waals surface area contributed by atoms with Gasteiger partial charge in [0, 0.05) is 22.9 Å². The van der Waals surface area contributed by atoms with E-state index in [2.05, 4.69) is 10.2 Å². The zero-order chi connectivity index (χ0) is 27.1. The molecule has 0 saturated carbocycles. The summed E-state index contributed by atoms with van der Waals surface area (Å²) in [5, 5.41) is 14.7. The first kappa shape index (κ1) is 23.7. The van der Waals surface area contributed by atoms with Crippen molar-refractivity contribution in [1.82, 2.24) is 10.2 Å². The largest absolute Gasteiger partial charge is 0.496 e. The smallest absolute Gasteiger partial charge is 0.129 e. The van der Waals surface area contributed by atoms with E-state index in [1.54, 1.807) is 14.2 Å². The number of fused-ring (bicyclic) bond motifs is 7. The molecule has 6 aromatic carbocycles. The molecule has 0 saturated heterocycles. The van der Waals surface area contributed by atoms with Gasteiger partial charge in [-0.25, -0.2) is 0 Å². The van der Waals surface area contributed by atoms with Crippen molar-refractivity contribution in [3.05, 3.63) is 109 Å². The van der Waals surface area contributed by atoms with E-state index in [1.807, 2.05) is 109 Å². The minimum Gasteiger partial charge on any atom is -0.496 e. The monoisotopic (exact) mass is 524 g/mol. The van der Waals surface area contributed by atoms with Gasteiger partial charge < -0.3 is 18.3 Å². The first-order valence-corrected chi connectivity index (χ1v) is 12.9. The molecule has 7 rings (SSSR count). The molecule has 194 valence electrons. The number of hydrogen-bond acceptors (Lipinski definition) is 6. The molecule has 6 heteroatoms. The Hall–Kier alpha value is -5.36. The van der Waals surface area contributed by atoms with Crippen LogP contribution in [0, 0.1) is 0 Å². The van der Waals surface area contributed by atoms with Crippen LogP contribution in [0.2, 0.25) is 0 Å². The lowest BCUT2D eigenvalue weighted by molar-refractivity contribution is 0.416. The molecule has 7 aromatic rings. The van der Waals surface area contributed by atoms with E-state index >= 15 is 0 Å². The Labute approximate surface area is 229 Å². The van der Waals surface area contributed by atoms with Gasteiger partial charge in [-0.1, -0.05) is 36.4 Å². The summed E-state index contributed by atoms with van der Waals surface area (Å²) >= 11 is 0. The molecule has 40 heavy (non-hydrogen) atoms. The number of nitrogens with zero attached hydrogens (tertiary/aromatic N) is 2. The van der Waals surface area contributed by atoms with E-state index in [4.69, 9.17) is 18.3 Å². The van der Waals surface area contributed by atoms with Crippen LogP contribution < -0.4 is 9.47 Å². The second-order valence-corrected chi connectivity index (χ2v) is 9.45. The molecule has 0 aliphatic rings. The Morgan fingerprint density at radius 2 is 0.900 bits per heavy atom. The lowest BCUT2D eigenvalue weighted by atomic mass is 9.98. The highest BCUT2D eigenvalue weighted by atomic mass is 16.5. The summed E-state index contributed by atoms with van der Waals surface area (Å²) in [6.07, 6.45) is 0. The number of hydrogen-bond donors (Lipinski definition) is 0. The lowest BCUT2D eigenvalue weighted by Crippen LogP contribution is -1.90. The van der Waals surface area contributed by atoms with Crippen LogP contribution in [0.4, 0.5) is 0 Å². The maximum atomic E-state index is 6.32. The number of ether oxygens (including phenoxy) is 2. The van der Waals surface area contributed by atoms with Crippen LogP contribution in [-0.4, -0.2) is 24.4 Å². The Morgan fingerprint density at radius 1 is 0.475 bits per heavy atom. The molecular formula is C34H24N2O4. The van der Waals surface area contributed by atoms with Gasteiger partial charge in [0.1, 0.15) is 33.8 Å². The van der Waals surface area contributed by atoms with Gasteiger partial charge in [0.15, 0.2) is 0 Å². The maximum Gasteiger partial charge on any atom is 0.129 e. The van der Waals surface area contributed by atoms with Crippen LogP contribution in [0.1, 0.15) is 0 Å². The van der Waals surface area contributed by atoms with Gasteiger partial charge in [0.25, 0.3) is 0 Å². The second kappa shape index (κ2) is 9.75. The summed E-state index contributed by atoms with van der Waals surface area (Å²) in [6, 6.07) is 35.3. The summed E-state index contributed by atoms with van der Waals surface area (Å²) in [5.74, 6) is 1.46. The number of rotatable bonds is 2. The van der Waals surface area contributed by atoms with Crippen molar-refractivity contribution < 1.29 is 18.3 Å². The van der Waals surface area contributed by atoms with Crippen molar-refractivity contribution >= 4 is 65.7 Å². The highest BCUT2D eigenvalue weighted by Gasteiger charge is 2.13. The van der Waals surface area contributed by atoms with Crippen LogP contribution in [0.5, 0.6) is 11.5 Å². The van der Waals surface area contributed by atoms with Crippen LogP contribution >= 0.6 is 0 Å². The maximum absolute atomic E-state index is 6.32. The third-order valence-electron chi connectivity index (χ3n) is 6.99. The van der Waals surface area contributed by atoms with Crippen LogP contribution in [0.3, 0.4) is 0 Å². The molecule has 8 bridgehead atoms. The van der Waals surface area contributed by atoms with Crippen LogP contribution in [0.15, 0.2) is 118 Å². The Bertz CT molecular complexity index is 2050. The Kier molecular flexibility index (Phi) is 5.78. The van der Waals surface area contributed by atoms with Crippen molar-refractivity contribution in [2.45, 2.75) is 0 Å². The van der Waals surface area contributed by atoms with Gasteiger partial charge in [-0.15, -0.1) is 0 Å². The zero-order valence-corrected chi connectivity index (χ0v) is 21.9. The molecule has 0 amide bonds. The molecule has 0 radical (unpaired) electrons. The van der Waals surface area contributed by atoms with Crippen molar-refractivity contribution in [3.8, 4) is 11.5 Å². The van der Waals surface area contributed by atoms with E-state index in [-0.39, 0.29) is 0 Å². The molecule has 0 N–H and O–H groups in total. The Morgan fingerprint density at radius 3 is 1.35 bits per heavy atom. The highest BCUT2D eigenvalue weighted by Crippen LogP contribution is 2.40. The molecule has 0 aliphatic carbocycles. The van der Waals surface area contributed by atoms with E-state index < -0.39 is 0 Å². The van der Waals surface area contributed by atoms with E-state index in [0.717, 1.165) is 43.8 Å². The van der Waals surface area contributed by atoms with Gasteiger partial charge in [0.2, 0.25) is 0 Å². The summed E-state index contributed by atoms with van der Waals surface area (Å²) in [4.78, 5) is 0. The molecule has 0 atom stereocenters. The van der Waals surface area contributed by atoms with E-state index in [0.29, 0.717) is 33.4 Å². The number of methoxy groups -OCH3 is 2. The summed E-state index contributed by atoms with van der Waals surface area (Å²) in [6.45, 7) is 0. The van der Waals surface area contributed by atoms with Gasteiger partial charge in [-0.05, 0) is 82.2 Å². The predicted molar refractivity (Wildman–Crippen MR) is 160 cm³/mol. The van der Waals surface area contributed by atoms with Crippen molar-refractivity contribution in [3.63, 3.8) is 0 Å². The zero-order valence-electron chi connectivity index (χ0n) is 21.9. The second-order valence-electron chi connectivity index (χ2n) is 9.45. The number of benzene rings is 6. The fourth-order valence-electron chi connectivity index (χ4n) is 5.15. The van der Waals surface area contributed by atoms with E-state index in [9.17, 15) is 0 Å². The molecule has 1 heterocycles. The summed E-state index contributed by atoms with van der Waals surface area (Å²) < 4.78 is 24.5. The number of aromatic nitrogens is 2. The lowest BCUT2D eigenvalue weighted by Gasteiger charge is -2.13. The highest BCUT2D eigenvalue weighted by molar-refractivity contribution is 6.20. The molecule has 6 nitrogen and oxygen atoms in total. The topological polar surface area (TPSA) is 70.5 Å². The van der Waals surface area contributed by atoms with Crippen molar-refractivity contribution in [2.24, 2.45) is 0 Å². The quantitative estimate of drug-likeness (QED) is 0.225. The summed E-state index contributed by atoms with van der Waals surface area (Å²) in [7, 11) is 3.37. The molecular weight excluding hydrogens is 500 g/mol. The predicted octanol–water partition coefficient (Wildman–Crippen LogP) is 8.85. The fraction of sp³-hybridized carbons (Fsp3) is 0.0588. The van der Waals surface area contributed by atoms with Crippen molar-refractivity contribution in [2.75, 3.05) is 14.2 Å². The first-order valence-electron chi connectivity index (χ1n) is 12.9. The van der Waals surface area contributed by atoms with Gasteiger partial charge in [0.05, 0.1) is 25.3 Å². The van der Waals surface area contributed by atoms with E-state index in [1.165, 1.54) is 0 Å². The summed E-state index contributed by atoms with van der Waals surface area (Å²) in [5.41, 5.74) is 4.05.